The summed E-state index contributed by atoms with van der Waals surface area (Å²) in [6, 6.07) is 7.37. The fourth-order valence-electron chi connectivity index (χ4n) is 1.04. The van der Waals surface area contributed by atoms with Gasteiger partial charge in [-0.15, -0.1) is 0 Å². The maximum atomic E-state index is 10.9. The topological polar surface area (TPSA) is 40.9 Å². The molecule has 62 valence electrons. The highest BCUT2D eigenvalue weighted by Gasteiger charge is 1.98. The smallest absolute Gasteiger partial charge is 0.159 e. The van der Waals surface area contributed by atoms with Gasteiger partial charge in [-0.25, -0.2) is 0 Å². The van der Waals surface area contributed by atoms with Crippen molar-refractivity contribution < 1.29 is 4.79 Å². The summed E-state index contributed by atoms with van der Waals surface area (Å²) >= 11 is 0. The normalized spacial score (nSPS) is 9.42. The van der Waals surface area contributed by atoms with Gasteiger partial charge in [0, 0.05) is 12.0 Å². The van der Waals surface area contributed by atoms with Crippen LogP contribution >= 0.6 is 0 Å². The first-order valence-corrected chi connectivity index (χ1v) is 3.83. The summed E-state index contributed by atoms with van der Waals surface area (Å²) in [5.41, 5.74) is 1.73. The maximum Gasteiger partial charge on any atom is 0.159 e. The second-order valence-electron chi connectivity index (χ2n) is 2.66. The van der Waals surface area contributed by atoms with Gasteiger partial charge in [0.05, 0.1) is 0 Å². The van der Waals surface area contributed by atoms with E-state index in [4.69, 9.17) is 5.41 Å². The second-order valence-corrected chi connectivity index (χ2v) is 2.66. The summed E-state index contributed by atoms with van der Waals surface area (Å²) in [7, 11) is 0. The molecule has 1 aromatic carbocycles. The molecule has 2 heteroatoms. The Labute approximate surface area is 71.7 Å². The van der Waals surface area contributed by atoms with E-state index in [1.54, 1.807) is 13.0 Å². The second kappa shape index (κ2) is 3.81. The Hall–Kier alpha value is -1.44. The van der Waals surface area contributed by atoms with Gasteiger partial charge < -0.3 is 5.41 Å². The molecule has 0 bridgehead atoms. The lowest BCUT2D eigenvalue weighted by Gasteiger charge is -1.98. The fraction of sp³-hybridized carbons (Fsp3) is 0.200. The minimum Gasteiger partial charge on any atom is -0.313 e. The Balaban J connectivity index is 2.95. The largest absolute Gasteiger partial charge is 0.313 e. The predicted octanol–water partition coefficient (Wildman–Crippen LogP) is 2.08. The molecule has 1 aromatic rings. The molecule has 0 saturated carbocycles. The predicted molar refractivity (Wildman–Crippen MR) is 48.9 cm³/mol. The van der Waals surface area contributed by atoms with Gasteiger partial charge in [0.15, 0.2) is 5.78 Å². The SMILES string of the molecule is CC(=O)c1cccc(CC=N)c1. The maximum absolute atomic E-state index is 10.9. The van der Waals surface area contributed by atoms with E-state index in [0.29, 0.717) is 12.0 Å². The van der Waals surface area contributed by atoms with E-state index in [2.05, 4.69) is 0 Å². The van der Waals surface area contributed by atoms with Crippen LogP contribution in [0.5, 0.6) is 0 Å². The van der Waals surface area contributed by atoms with Crippen LogP contribution in [0.1, 0.15) is 22.8 Å². The number of benzene rings is 1. The highest BCUT2D eigenvalue weighted by atomic mass is 16.1. The molecule has 0 spiro atoms. The first-order chi connectivity index (χ1) is 5.74. The first-order valence-electron chi connectivity index (χ1n) is 3.83. The van der Waals surface area contributed by atoms with Crippen molar-refractivity contribution in [1.29, 1.82) is 5.41 Å². The van der Waals surface area contributed by atoms with E-state index in [9.17, 15) is 4.79 Å². The van der Waals surface area contributed by atoms with E-state index in [-0.39, 0.29) is 5.78 Å². The van der Waals surface area contributed by atoms with E-state index in [0.717, 1.165) is 5.56 Å². The van der Waals surface area contributed by atoms with Crippen molar-refractivity contribution >= 4 is 12.0 Å². The van der Waals surface area contributed by atoms with Crippen molar-refractivity contribution in [2.45, 2.75) is 13.3 Å². The third-order valence-corrected chi connectivity index (χ3v) is 1.67. The van der Waals surface area contributed by atoms with Crippen molar-refractivity contribution in [1.82, 2.24) is 0 Å². The molecule has 0 aliphatic rings. The Morgan fingerprint density at radius 1 is 1.58 bits per heavy atom. The number of ketones is 1. The van der Waals surface area contributed by atoms with Crippen LogP contribution in [-0.4, -0.2) is 12.0 Å². The van der Waals surface area contributed by atoms with Crippen molar-refractivity contribution in [3.63, 3.8) is 0 Å². The number of Topliss-reactive ketones (excluding diaryl/α,β-unsaturated/α-hetero) is 1. The van der Waals surface area contributed by atoms with Crippen LogP contribution in [0.15, 0.2) is 24.3 Å². The number of hydrogen-bond donors (Lipinski definition) is 1. The van der Waals surface area contributed by atoms with Crippen LogP contribution in [0.2, 0.25) is 0 Å². The molecule has 1 rings (SSSR count). The van der Waals surface area contributed by atoms with Crippen LogP contribution in [0.3, 0.4) is 0 Å². The summed E-state index contributed by atoms with van der Waals surface area (Å²) in [5.74, 6) is 0.0711. The number of carbonyl (C=O) groups excluding carboxylic acids is 1. The summed E-state index contributed by atoms with van der Waals surface area (Å²) in [5, 5.41) is 6.91. The van der Waals surface area contributed by atoms with Gasteiger partial charge in [-0.05, 0) is 24.8 Å². The van der Waals surface area contributed by atoms with E-state index >= 15 is 0 Å². The Bertz CT molecular complexity index is 304. The average molecular weight is 161 g/mol. The van der Waals surface area contributed by atoms with Gasteiger partial charge in [0.2, 0.25) is 0 Å². The summed E-state index contributed by atoms with van der Waals surface area (Å²) in [4.78, 5) is 10.9. The van der Waals surface area contributed by atoms with Crippen LogP contribution in [-0.2, 0) is 6.42 Å². The van der Waals surface area contributed by atoms with Crippen molar-refractivity contribution in [3.8, 4) is 0 Å². The van der Waals surface area contributed by atoms with Gasteiger partial charge in [0.1, 0.15) is 0 Å². The molecule has 1 N–H and O–H groups in total. The monoisotopic (exact) mass is 161 g/mol. The van der Waals surface area contributed by atoms with Crippen molar-refractivity contribution in [3.05, 3.63) is 35.4 Å². The van der Waals surface area contributed by atoms with Crippen LogP contribution in [0.25, 0.3) is 0 Å². The van der Waals surface area contributed by atoms with E-state index < -0.39 is 0 Å². The number of nitrogens with one attached hydrogen (secondary N) is 1. The quantitative estimate of drug-likeness (QED) is 0.535. The standard InChI is InChI=1S/C10H11NO/c1-8(12)10-4-2-3-9(7-10)5-6-11/h2-4,6-7,11H,5H2,1H3. The molecule has 0 fully saturated rings. The van der Waals surface area contributed by atoms with Crippen LogP contribution < -0.4 is 0 Å². The van der Waals surface area contributed by atoms with Gasteiger partial charge in [0.25, 0.3) is 0 Å². The van der Waals surface area contributed by atoms with Crippen molar-refractivity contribution in [2.75, 3.05) is 0 Å². The molecule has 0 atom stereocenters. The van der Waals surface area contributed by atoms with E-state index in [1.807, 2.05) is 18.2 Å². The molecule has 0 aliphatic carbocycles. The number of hydrogen-bond acceptors (Lipinski definition) is 2. The average Bonchev–Trinajstić information content (AvgIpc) is 2.05. The minimum absolute atomic E-state index is 0.0711. The van der Waals surface area contributed by atoms with Gasteiger partial charge >= 0.3 is 0 Å². The lowest BCUT2D eigenvalue weighted by molar-refractivity contribution is 0.101. The summed E-state index contributed by atoms with van der Waals surface area (Å²) < 4.78 is 0. The molecule has 12 heavy (non-hydrogen) atoms. The third kappa shape index (κ3) is 2.02. The van der Waals surface area contributed by atoms with Gasteiger partial charge in [-0.3, -0.25) is 4.79 Å². The Kier molecular flexibility index (Phi) is 2.75. The molecule has 0 heterocycles. The molecular weight excluding hydrogens is 150 g/mol. The highest BCUT2D eigenvalue weighted by Crippen LogP contribution is 2.05. The molecule has 0 amide bonds. The zero-order valence-electron chi connectivity index (χ0n) is 7.00. The number of rotatable bonds is 3. The molecular formula is C10H11NO. The lowest BCUT2D eigenvalue weighted by Crippen LogP contribution is -1.93. The van der Waals surface area contributed by atoms with Gasteiger partial charge in [-0.2, -0.15) is 0 Å². The number of carbonyl (C=O) groups is 1. The summed E-state index contributed by atoms with van der Waals surface area (Å²) in [6.07, 6.45) is 1.93. The fourth-order valence-corrected chi connectivity index (χ4v) is 1.04. The molecule has 2 nitrogen and oxygen atoms in total. The Morgan fingerprint density at radius 2 is 2.33 bits per heavy atom. The highest BCUT2D eigenvalue weighted by molar-refractivity contribution is 5.94. The third-order valence-electron chi connectivity index (χ3n) is 1.67. The minimum atomic E-state index is 0.0711. The zero-order valence-corrected chi connectivity index (χ0v) is 7.00. The molecule has 0 radical (unpaired) electrons. The van der Waals surface area contributed by atoms with Crippen molar-refractivity contribution in [2.24, 2.45) is 0 Å². The zero-order chi connectivity index (χ0) is 8.97. The molecule has 0 saturated heterocycles. The summed E-state index contributed by atoms with van der Waals surface area (Å²) in [6.45, 7) is 1.55. The Morgan fingerprint density at radius 3 is 2.92 bits per heavy atom. The van der Waals surface area contributed by atoms with E-state index in [1.165, 1.54) is 6.21 Å². The lowest BCUT2D eigenvalue weighted by atomic mass is 10.1. The first kappa shape index (κ1) is 8.65. The van der Waals surface area contributed by atoms with Gasteiger partial charge in [-0.1, -0.05) is 18.2 Å². The molecule has 0 unspecified atom stereocenters. The molecule has 0 aromatic heterocycles. The van der Waals surface area contributed by atoms with Crippen LogP contribution in [0, 0.1) is 5.41 Å². The molecule has 0 aliphatic heterocycles. The van der Waals surface area contributed by atoms with Crippen LogP contribution in [0.4, 0.5) is 0 Å².